The number of aryl methyl sites for hydroxylation is 1. The molecule has 0 saturated carbocycles. The Morgan fingerprint density at radius 3 is 2.33 bits per heavy atom. The van der Waals surface area contributed by atoms with Crippen LogP contribution in [0.1, 0.15) is 5.56 Å². The first kappa shape index (κ1) is 12.8. The Balaban J connectivity index is 2.17. The third kappa shape index (κ3) is 2.99. The monoisotopic (exact) mass is 259 g/mol. The maximum absolute atomic E-state index is 5.21. The van der Waals surface area contributed by atoms with Crippen LogP contribution in [0.3, 0.4) is 0 Å². The molecule has 18 heavy (non-hydrogen) atoms. The van der Waals surface area contributed by atoms with Crippen molar-refractivity contribution in [2.75, 3.05) is 19.5 Å². The molecule has 1 N–H and O–H groups in total. The van der Waals surface area contributed by atoms with Crippen LogP contribution in [-0.4, -0.2) is 14.2 Å². The molecule has 0 heterocycles. The molecule has 3 heteroatoms. The van der Waals surface area contributed by atoms with E-state index in [-0.39, 0.29) is 0 Å². The van der Waals surface area contributed by atoms with Crippen molar-refractivity contribution in [3.8, 4) is 5.75 Å². The van der Waals surface area contributed by atoms with E-state index in [0.717, 1.165) is 11.4 Å². The molecule has 0 unspecified atom stereocenters. The van der Waals surface area contributed by atoms with E-state index in [2.05, 4.69) is 48.6 Å². The first-order valence-corrected chi connectivity index (χ1v) is 6.65. The number of anilines is 1. The number of nitrogens with one attached hydrogen (secondary N) is 1. The quantitative estimate of drug-likeness (QED) is 0.889. The predicted octanol–water partition coefficient (Wildman–Crippen LogP) is 4.20. The molecule has 0 aromatic heterocycles. The van der Waals surface area contributed by atoms with E-state index < -0.39 is 0 Å². The molecule has 2 aromatic carbocycles. The SMILES string of the molecule is CNc1ccc(Sc2ccc(OC)cc2C)cc1. The number of benzene rings is 2. The van der Waals surface area contributed by atoms with Crippen LogP contribution >= 0.6 is 11.8 Å². The number of methoxy groups -OCH3 is 1. The molecule has 2 rings (SSSR count). The topological polar surface area (TPSA) is 21.3 Å². The highest BCUT2D eigenvalue weighted by Gasteiger charge is 2.03. The minimum absolute atomic E-state index is 0.905. The summed E-state index contributed by atoms with van der Waals surface area (Å²) in [7, 11) is 3.62. The maximum Gasteiger partial charge on any atom is 0.119 e. The van der Waals surface area contributed by atoms with Crippen molar-refractivity contribution in [1.82, 2.24) is 0 Å². The van der Waals surface area contributed by atoms with Gasteiger partial charge in [-0.3, -0.25) is 0 Å². The number of rotatable bonds is 4. The van der Waals surface area contributed by atoms with Crippen LogP contribution in [0, 0.1) is 6.92 Å². The van der Waals surface area contributed by atoms with E-state index in [9.17, 15) is 0 Å². The second-order valence-corrected chi connectivity index (χ2v) is 5.12. The molecular weight excluding hydrogens is 242 g/mol. The fourth-order valence-corrected chi connectivity index (χ4v) is 2.56. The van der Waals surface area contributed by atoms with E-state index in [1.54, 1.807) is 18.9 Å². The molecular formula is C15H17NOS. The molecule has 0 aliphatic rings. The van der Waals surface area contributed by atoms with Gasteiger partial charge < -0.3 is 10.1 Å². The van der Waals surface area contributed by atoms with Crippen LogP contribution in [0.25, 0.3) is 0 Å². The van der Waals surface area contributed by atoms with Crippen molar-refractivity contribution in [2.45, 2.75) is 16.7 Å². The molecule has 0 aliphatic carbocycles. The van der Waals surface area contributed by atoms with Crippen LogP contribution in [0.4, 0.5) is 5.69 Å². The van der Waals surface area contributed by atoms with Gasteiger partial charge in [-0.05, 0) is 55.0 Å². The van der Waals surface area contributed by atoms with E-state index >= 15 is 0 Å². The molecule has 0 amide bonds. The predicted molar refractivity (Wildman–Crippen MR) is 77.8 cm³/mol. The molecule has 0 aliphatic heterocycles. The van der Waals surface area contributed by atoms with Crippen molar-refractivity contribution >= 4 is 17.4 Å². The van der Waals surface area contributed by atoms with Gasteiger partial charge in [0.2, 0.25) is 0 Å². The standard InChI is InChI=1S/C15H17NOS/c1-11-10-13(17-3)6-9-15(11)18-14-7-4-12(16-2)5-8-14/h4-10,16H,1-3H3. The van der Waals surface area contributed by atoms with Gasteiger partial charge >= 0.3 is 0 Å². The Morgan fingerprint density at radius 1 is 1.06 bits per heavy atom. The lowest BCUT2D eigenvalue weighted by Gasteiger charge is -2.08. The molecule has 0 saturated heterocycles. The van der Waals surface area contributed by atoms with Crippen molar-refractivity contribution in [3.63, 3.8) is 0 Å². The summed E-state index contributed by atoms with van der Waals surface area (Å²) in [5.41, 5.74) is 2.36. The highest BCUT2D eigenvalue weighted by atomic mass is 32.2. The lowest BCUT2D eigenvalue weighted by Crippen LogP contribution is -1.87. The molecule has 0 atom stereocenters. The molecule has 2 aromatic rings. The van der Waals surface area contributed by atoms with Gasteiger partial charge in [-0.2, -0.15) is 0 Å². The van der Waals surface area contributed by atoms with E-state index in [1.165, 1.54) is 15.4 Å². The molecule has 2 nitrogen and oxygen atoms in total. The summed E-state index contributed by atoms with van der Waals surface area (Å²) in [4.78, 5) is 2.50. The number of hydrogen-bond acceptors (Lipinski definition) is 3. The van der Waals surface area contributed by atoms with E-state index in [1.807, 2.05) is 13.1 Å². The van der Waals surface area contributed by atoms with Crippen molar-refractivity contribution in [3.05, 3.63) is 48.0 Å². The Hall–Kier alpha value is -1.61. The zero-order valence-corrected chi connectivity index (χ0v) is 11.7. The zero-order chi connectivity index (χ0) is 13.0. The third-order valence-corrected chi connectivity index (χ3v) is 3.94. The molecule has 0 radical (unpaired) electrons. The fourth-order valence-electron chi connectivity index (χ4n) is 1.68. The summed E-state index contributed by atoms with van der Waals surface area (Å²) in [5.74, 6) is 0.905. The van der Waals surface area contributed by atoms with Crippen LogP contribution < -0.4 is 10.1 Å². The van der Waals surface area contributed by atoms with E-state index in [0.29, 0.717) is 0 Å². The van der Waals surface area contributed by atoms with Gasteiger partial charge in [0.25, 0.3) is 0 Å². The number of hydrogen-bond donors (Lipinski definition) is 1. The van der Waals surface area contributed by atoms with Crippen LogP contribution in [0.5, 0.6) is 5.75 Å². The van der Waals surface area contributed by atoms with Crippen molar-refractivity contribution in [2.24, 2.45) is 0 Å². The summed E-state index contributed by atoms with van der Waals surface area (Å²) < 4.78 is 5.21. The molecule has 0 fully saturated rings. The summed E-state index contributed by atoms with van der Waals surface area (Å²) in [6, 6.07) is 14.6. The first-order valence-electron chi connectivity index (χ1n) is 5.83. The highest BCUT2D eigenvalue weighted by molar-refractivity contribution is 7.99. The summed E-state index contributed by atoms with van der Waals surface area (Å²) in [5, 5.41) is 3.12. The average Bonchev–Trinajstić information content (AvgIpc) is 2.42. The third-order valence-electron chi connectivity index (χ3n) is 2.75. The van der Waals surface area contributed by atoms with Gasteiger partial charge in [0.15, 0.2) is 0 Å². The molecule has 94 valence electrons. The second-order valence-electron chi connectivity index (χ2n) is 4.01. The smallest absolute Gasteiger partial charge is 0.119 e. The summed E-state index contributed by atoms with van der Waals surface area (Å²) in [6.45, 7) is 2.10. The largest absolute Gasteiger partial charge is 0.497 e. The highest BCUT2D eigenvalue weighted by Crippen LogP contribution is 2.32. The Kier molecular flexibility index (Phi) is 4.15. The molecule has 0 bridgehead atoms. The average molecular weight is 259 g/mol. The summed E-state index contributed by atoms with van der Waals surface area (Å²) >= 11 is 1.77. The van der Waals surface area contributed by atoms with Crippen LogP contribution in [0.15, 0.2) is 52.3 Å². The zero-order valence-electron chi connectivity index (χ0n) is 10.9. The van der Waals surface area contributed by atoms with Crippen molar-refractivity contribution in [1.29, 1.82) is 0 Å². The number of ether oxygens (including phenoxy) is 1. The summed E-state index contributed by atoms with van der Waals surface area (Å²) in [6.07, 6.45) is 0. The van der Waals surface area contributed by atoms with Gasteiger partial charge in [0.05, 0.1) is 7.11 Å². The Labute approximate surface area is 112 Å². The lowest BCUT2D eigenvalue weighted by atomic mass is 10.2. The Morgan fingerprint density at radius 2 is 1.78 bits per heavy atom. The van der Waals surface area contributed by atoms with Gasteiger partial charge in [-0.15, -0.1) is 0 Å². The van der Waals surface area contributed by atoms with E-state index in [4.69, 9.17) is 4.74 Å². The normalized spacial score (nSPS) is 10.2. The first-order chi connectivity index (χ1) is 8.72. The van der Waals surface area contributed by atoms with Crippen LogP contribution in [0.2, 0.25) is 0 Å². The fraction of sp³-hybridized carbons (Fsp3) is 0.200. The second kappa shape index (κ2) is 5.83. The van der Waals surface area contributed by atoms with Crippen molar-refractivity contribution < 1.29 is 4.74 Å². The van der Waals surface area contributed by atoms with Gasteiger partial charge in [-0.25, -0.2) is 0 Å². The van der Waals surface area contributed by atoms with Crippen LogP contribution in [-0.2, 0) is 0 Å². The van der Waals surface area contributed by atoms with Gasteiger partial charge in [0.1, 0.15) is 5.75 Å². The minimum Gasteiger partial charge on any atom is -0.497 e. The lowest BCUT2D eigenvalue weighted by molar-refractivity contribution is 0.414. The van der Waals surface area contributed by atoms with Gasteiger partial charge in [-0.1, -0.05) is 11.8 Å². The maximum atomic E-state index is 5.21. The minimum atomic E-state index is 0.905. The molecule has 0 spiro atoms. The Bertz CT molecular complexity index is 523. The van der Waals surface area contributed by atoms with Gasteiger partial charge in [0, 0.05) is 22.5 Å².